The number of nitrogens with zero attached hydrogens (tertiary/aromatic N) is 1. The van der Waals surface area contributed by atoms with Gasteiger partial charge in [0.05, 0.1) is 7.11 Å². The van der Waals surface area contributed by atoms with Gasteiger partial charge in [0.25, 0.3) is 6.43 Å². The number of alkyl halides is 2. The molecule has 0 saturated heterocycles. The van der Waals surface area contributed by atoms with Crippen LogP contribution >= 0.6 is 11.6 Å². The molecule has 0 spiro atoms. The number of pyridine rings is 1. The Morgan fingerprint density at radius 1 is 1.54 bits per heavy atom. The third-order valence-corrected chi connectivity index (χ3v) is 1.57. The van der Waals surface area contributed by atoms with Gasteiger partial charge >= 0.3 is 0 Å². The van der Waals surface area contributed by atoms with E-state index in [1.807, 2.05) is 0 Å². The lowest BCUT2D eigenvalue weighted by Gasteiger charge is -2.07. The molecule has 72 valence electrons. The van der Waals surface area contributed by atoms with Crippen LogP contribution in [0.15, 0.2) is 6.07 Å². The second-order valence-electron chi connectivity index (χ2n) is 2.15. The number of aromatic nitrogens is 1. The van der Waals surface area contributed by atoms with Crippen LogP contribution in [-0.4, -0.2) is 12.1 Å². The Kier molecular flexibility index (Phi) is 2.98. The van der Waals surface area contributed by atoms with Gasteiger partial charge in [-0.15, -0.1) is 0 Å². The van der Waals surface area contributed by atoms with Crippen LogP contribution in [0.4, 0.5) is 13.2 Å². The molecule has 0 unspecified atom stereocenters. The van der Waals surface area contributed by atoms with Gasteiger partial charge in [-0.1, -0.05) is 11.6 Å². The summed E-state index contributed by atoms with van der Waals surface area (Å²) in [6, 6.07) is 1.03. The SMILES string of the molecule is COc1cc(Cl)nc(F)c1C(F)F. The predicted molar refractivity (Wildman–Crippen MR) is 40.7 cm³/mol. The maximum absolute atomic E-state index is 12.8. The Balaban J connectivity index is 3.30. The minimum absolute atomic E-state index is 0.223. The normalized spacial score (nSPS) is 10.6. The Bertz CT molecular complexity index is 319. The lowest BCUT2D eigenvalue weighted by Crippen LogP contribution is -1.99. The van der Waals surface area contributed by atoms with Gasteiger partial charge in [-0.25, -0.2) is 13.8 Å². The standard InChI is InChI=1S/C7H5ClF3NO/c1-13-3-2-4(8)12-7(11)5(3)6(9)10/h2,6H,1H3. The average molecular weight is 212 g/mol. The van der Waals surface area contributed by atoms with Gasteiger partial charge in [-0.2, -0.15) is 4.39 Å². The maximum Gasteiger partial charge on any atom is 0.271 e. The van der Waals surface area contributed by atoms with E-state index in [0.29, 0.717) is 0 Å². The van der Waals surface area contributed by atoms with E-state index in [1.54, 1.807) is 0 Å². The summed E-state index contributed by atoms with van der Waals surface area (Å²) in [6.45, 7) is 0. The molecule has 0 aromatic carbocycles. The van der Waals surface area contributed by atoms with Crippen molar-refractivity contribution in [2.75, 3.05) is 7.11 Å². The summed E-state index contributed by atoms with van der Waals surface area (Å²) in [7, 11) is 1.15. The number of methoxy groups -OCH3 is 1. The summed E-state index contributed by atoms with van der Waals surface area (Å²) < 4.78 is 41.7. The second kappa shape index (κ2) is 3.83. The fourth-order valence-corrected chi connectivity index (χ4v) is 1.01. The molecule has 0 amide bonds. The van der Waals surface area contributed by atoms with Crippen LogP contribution in [0.25, 0.3) is 0 Å². The van der Waals surface area contributed by atoms with Gasteiger partial charge in [-0.3, -0.25) is 0 Å². The van der Waals surface area contributed by atoms with Crippen molar-refractivity contribution in [3.05, 3.63) is 22.7 Å². The summed E-state index contributed by atoms with van der Waals surface area (Å²) in [5.41, 5.74) is -0.869. The van der Waals surface area contributed by atoms with Crippen LogP contribution in [0, 0.1) is 5.95 Å². The van der Waals surface area contributed by atoms with E-state index in [1.165, 1.54) is 0 Å². The summed E-state index contributed by atoms with van der Waals surface area (Å²) >= 11 is 5.33. The zero-order valence-corrected chi connectivity index (χ0v) is 7.28. The molecule has 0 atom stereocenters. The molecule has 1 aromatic rings. The van der Waals surface area contributed by atoms with Gasteiger partial charge in [0, 0.05) is 6.07 Å². The van der Waals surface area contributed by atoms with Crippen molar-refractivity contribution in [1.82, 2.24) is 4.98 Å². The number of ether oxygens (including phenoxy) is 1. The first-order valence-electron chi connectivity index (χ1n) is 3.24. The minimum Gasteiger partial charge on any atom is -0.496 e. The van der Waals surface area contributed by atoms with Crippen molar-refractivity contribution in [1.29, 1.82) is 0 Å². The zero-order chi connectivity index (χ0) is 10.0. The first-order valence-corrected chi connectivity index (χ1v) is 3.62. The van der Waals surface area contributed by atoms with Gasteiger partial charge in [-0.05, 0) is 0 Å². The molecule has 13 heavy (non-hydrogen) atoms. The van der Waals surface area contributed by atoms with E-state index in [9.17, 15) is 13.2 Å². The Labute approximate surface area is 77.3 Å². The number of halogens is 4. The Morgan fingerprint density at radius 2 is 2.15 bits per heavy atom. The van der Waals surface area contributed by atoms with Crippen molar-refractivity contribution in [3.8, 4) is 5.75 Å². The topological polar surface area (TPSA) is 22.1 Å². The van der Waals surface area contributed by atoms with Crippen LogP contribution in [-0.2, 0) is 0 Å². The van der Waals surface area contributed by atoms with E-state index >= 15 is 0 Å². The fraction of sp³-hybridized carbons (Fsp3) is 0.286. The molecule has 0 saturated carbocycles. The largest absolute Gasteiger partial charge is 0.496 e. The monoisotopic (exact) mass is 211 g/mol. The molecule has 1 rings (SSSR count). The first-order chi connectivity index (χ1) is 6.06. The van der Waals surface area contributed by atoms with E-state index in [-0.39, 0.29) is 10.9 Å². The molecule has 0 aliphatic carbocycles. The molecular formula is C7H5ClF3NO. The van der Waals surface area contributed by atoms with E-state index in [4.69, 9.17) is 11.6 Å². The number of hydrogen-bond acceptors (Lipinski definition) is 2. The van der Waals surface area contributed by atoms with E-state index in [0.717, 1.165) is 13.2 Å². The molecule has 0 aliphatic rings. The highest BCUT2D eigenvalue weighted by Crippen LogP contribution is 2.31. The Morgan fingerprint density at radius 3 is 2.62 bits per heavy atom. The average Bonchev–Trinajstić information content (AvgIpc) is 2.01. The van der Waals surface area contributed by atoms with Crippen LogP contribution in [0.5, 0.6) is 5.75 Å². The maximum atomic E-state index is 12.8. The smallest absolute Gasteiger partial charge is 0.271 e. The lowest BCUT2D eigenvalue weighted by molar-refractivity contribution is 0.140. The molecule has 0 N–H and O–H groups in total. The van der Waals surface area contributed by atoms with Crippen molar-refractivity contribution in [2.24, 2.45) is 0 Å². The second-order valence-corrected chi connectivity index (χ2v) is 2.54. The molecule has 0 bridgehead atoms. The number of hydrogen-bond donors (Lipinski definition) is 0. The van der Waals surface area contributed by atoms with E-state index in [2.05, 4.69) is 9.72 Å². The third kappa shape index (κ3) is 2.03. The molecule has 0 radical (unpaired) electrons. The zero-order valence-electron chi connectivity index (χ0n) is 6.52. The van der Waals surface area contributed by atoms with Crippen molar-refractivity contribution < 1.29 is 17.9 Å². The highest BCUT2D eigenvalue weighted by molar-refractivity contribution is 6.29. The van der Waals surface area contributed by atoms with Crippen molar-refractivity contribution in [2.45, 2.75) is 6.43 Å². The molecule has 1 heterocycles. The molecule has 2 nitrogen and oxygen atoms in total. The molecule has 0 aliphatic heterocycles. The van der Waals surface area contributed by atoms with Gasteiger partial charge < -0.3 is 4.74 Å². The summed E-state index contributed by atoms with van der Waals surface area (Å²) in [5.74, 6) is -1.60. The highest BCUT2D eigenvalue weighted by Gasteiger charge is 2.21. The minimum atomic E-state index is -2.97. The molecule has 6 heteroatoms. The van der Waals surface area contributed by atoms with Crippen LogP contribution in [0.1, 0.15) is 12.0 Å². The third-order valence-electron chi connectivity index (χ3n) is 1.38. The first kappa shape index (κ1) is 10.1. The van der Waals surface area contributed by atoms with Crippen LogP contribution < -0.4 is 4.74 Å². The predicted octanol–water partition coefficient (Wildman–Crippen LogP) is 2.82. The summed E-state index contributed by atoms with van der Waals surface area (Å²) in [4.78, 5) is 3.04. The van der Waals surface area contributed by atoms with Gasteiger partial charge in [0.1, 0.15) is 16.5 Å². The van der Waals surface area contributed by atoms with Crippen molar-refractivity contribution >= 4 is 11.6 Å². The number of rotatable bonds is 2. The Hall–Kier alpha value is -0.970. The van der Waals surface area contributed by atoms with Gasteiger partial charge in [0.2, 0.25) is 5.95 Å². The van der Waals surface area contributed by atoms with E-state index < -0.39 is 17.9 Å². The molecular weight excluding hydrogens is 207 g/mol. The molecule has 0 fully saturated rings. The van der Waals surface area contributed by atoms with Crippen molar-refractivity contribution in [3.63, 3.8) is 0 Å². The summed E-state index contributed by atoms with van der Waals surface area (Å²) in [5, 5.41) is -0.223. The highest BCUT2D eigenvalue weighted by atomic mass is 35.5. The van der Waals surface area contributed by atoms with Crippen LogP contribution in [0.2, 0.25) is 5.15 Å². The van der Waals surface area contributed by atoms with Gasteiger partial charge in [0.15, 0.2) is 0 Å². The quantitative estimate of drug-likeness (QED) is 0.702. The lowest BCUT2D eigenvalue weighted by atomic mass is 10.2. The van der Waals surface area contributed by atoms with Crippen LogP contribution in [0.3, 0.4) is 0 Å². The summed E-state index contributed by atoms with van der Waals surface area (Å²) in [6.07, 6.45) is -2.97. The molecule has 1 aromatic heterocycles. The fourth-order valence-electron chi connectivity index (χ4n) is 0.840.